The third-order valence-electron chi connectivity index (χ3n) is 11.1. The highest BCUT2D eigenvalue weighted by Crippen LogP contribution is 2.49. The van der Waals surface area contributed by atoms with E-state index in [1.165, 1.54) is 38.5 Å². The van der Waals surface area contributed by atoms with E-state index in [0.717, 1.165) is 77.0 Å². The number of carbonyl (C=O) groups is 2. The van der Waals surface area contributed by atoms with Gasteiger partial charge in [-0.1, -0.05) is 157 Å². The molecule has 402 valence electrons. The van der Waals surface area contributed by atoms with Gasteiger partial charge in [0.25, 0.3) is 0 Å². The maximum atomic E-state index is 13.0. The van der Waals surface area contributed by atoms with Crippen molar-refractivity contribution in [1.29, 1.82) is 0 Å². The molecule has 0 spiro atoms. The van der Waals surface area contributed by atoms with E-state index >= 15 is 0 Å². The quantitative estimate of drug-likeness (QED) is 0.00932. The molecule has 0 heterocycles. The van der Waals surface area contributed by atoms with Gasteiger partial charge < -0.3 is 49.7 Å². The van der Waals surface area contributed by atoms with Gasteiger partial charge in [-0.25, -0.2) is 9.13 Å². The topological polar surface area (TPSA) is 276 Å². The van der Waals surface area contributed by atoms with Crippen LogP contribution in [-0.2, 0) is 41.8 Å². The minimum absolute atomic E-state index is 0.00610. The Morgan fingerprint density at radius 3 is 1.61 bits per heavy atom. The summed E-state index contributed by atoms with van der Waals surface area (Å²) in [6, 6.07) is 0. The molecule has 6 unspecified atom stereocenters. The minimum Gasteiger partial charge on any atom is -0.462 e. The number of hydrogen-bond acceptors (Lipinski definition) is 14. The number of allylic oxidation sites excluding steroid dienone is 13. The molecule has 0 aliphatic heterocycles. The lowest BCUT2D eigenvalue weighted by molar-refractivity contribution is -0.216. The van der Waals surface area contributed by atoms with Crippen molar-refractivity contribution in [3.8, 4) is 0 Å². The summed E-state index contributed by atoms with van der Waals surface area (Å²) in [6.45, 7) is 2.80. The molecule has 1 aliphatic rings. The number of hydrogen-bond donors (Lipinski definition) is 8. The number of ether oxygens (including phenoxy) is 2. The van der Waals surface area contributed by atoms with Crippen molar-refractivity contribution in [3.63, 3.8) is 0 Å². The number of phosphoric acid groups is 2. The Kier molecular flexibility index (Phi) is 37.8. The summed E-state index contributed by atoms with van der Waals surface area (Å²) in [7, 11) is -10.8. The number of aliphatic hydroxyl groups is 5. The Hall–Kier alpha value is -2.86. The Balaban J connectivity index is 2.64. The lowest BCUT2D eigenvalue weighted by Crippen LogP contribution is -2.64. The van der Waals surface area contributed by atoms with Crippen LogP contribution in [0.5, 0.6) is 0 Å². The molecule has 0 aromatic rings. The maximum absolute atomic E-state index is 13.0. The molecule has 17 nitrogen and oxygen atoms in total. The third-order valence-corrected chi connectivity index (χ3v) is 12.6. The number of phosphoric ester groups is 2. The van der Waals surface area contributed by atoms with Gasteiger partial charge in [-0.15, -0.1) is 0 Å². The molecular weight excluding hydrogens is 946 g/mol. The number of unbranched alkanes of at least 4 members (excludes halogenated alkanes) is 12. The third kappa shape index (κ3) is 34.5. The second-order valence-corrected chi connectivity index (χ2v) is 19.9. The van der Waals surface area contributed by atoms with Crippen molar-refractivity contribution >= 4 is 27.6 Å². The molecule has 1 fully saturated rings. The van der Waals surface area contributed by atoms with E-state index in [9.17, 15) is 58.9 Å². The molecule has 9 atom stereocenters. The predicted octanol–water partition coefficient (Wildman–Crippen LogP) is 9.15. The summed E-state index contributed by atoms with van der Waals surface area (Å²) in [5, 5.41) is 51.6. The van der Waals surface area contributed by atoms with Crippen LogP contribution in [0.4, 0.5) is 0 Å². The number of aliphatic hydroxyl groups excluding tert-OH is 5. The van der Waals surface area contributed by atoms with Gasteiger partial charge in [-0.2, -0.15) is 0 Å². The van der Waals surface area contributed by atoms with Crippen LogP contribution in [0.15, 0.2) is 85.1 Å². The first kappa shape index (κ1) is 65.2. The van der Waals surface area contributed by atoms with Gasteiger partial charge in [0.2, 0.25) is 0 Å². The molecule has 1 rings (SSSR count). The van der Waals surface area contributed by atoms with Crippen LogP contribution in [0.25, 0.3) is 0 Å². The van der Waals surface area contributed by atoms with E-state index in [4.69, 9.17) is 18.5 Å². The zero-order valence-electron chi connectivity index (χ0n) is 41.5. The highest BCUT2D eigenvalue weighted by Gasteiger charge is 2.54. The predicted molar refractivity (Wildman–Crippen MR) is 270 cm³/mol. The molecule has 70 heavy (non-hydrogen) atoms. The van der Waals surface area contributed by atoms with E-state index in [2.05, 4.69) is 73.1 Å². The van der Waals surface area contributed by atoms with E-state index in [1.807, 2.05) is 18.2 Å². The molecule has 0 saturated heterocycles. The Morgan fingerprint density at radius 1 is 0.543 bits per heavy atom. The molecule has 0 radical (unpaired) electrons. The van der Waals surface area contributed by atoms with Crippen molar-refractivity contribution in [2.45, 2.75) is 210 Å². The minimum atomic E-state index is -5.39. The van der Waals surface area contributed by atoms with Crippen LogP contribution in [0, 0.1) is 0 Å². The standard InChI is InChI=1S/C51H86O17P2/c1-3-5-7-9-11-13-15-17-18-19-20-21-22-24-26-28-30-32-34-38-45(54)66-43(41-65-70(62,63)68-51-48(57)46(55)47(56)50(49(51)58)67-69(59,60)61)40-64-44(53)39-35-37-42(52)36-33-31-29-27-25-23-16-14-12-10-8-6-4-2/h6,8,11-14,17-18,23,25,29,31,33,36,42-43,46-52,55-58H,3-5,7,9-10,15-16,19-22,24,26-28,30,32,34-35,37-41H2,1-2H3,(H,62,63)(H2,59,60,61)/b8-6-,13-11-,14-12-,18-17-,25-23-,31-29-,36-33+/t42?,43-,46?,47?,48?,49?,50-,51+/m1/s1. The second-order valence-electron chi connectivity index (χ2n) is 17.3. The highest BCUT2D eigenvalue weighted by molar-refractivity contribution is 7.47. The monoisotopic (exact) mass is 1030 g/mol. The van der Waals surface area contributed by atoms with Crippen LogP contribution in [-0.4, -0.2) is 114 Å². The summed E-state index contributed by atoms with van der Waals surface area (Å²) >= 11 is 0. The summed E-state index contributed by atoms with van der Waals surface area (Å²) in [5.41, 5.74) is 0. The normalized spacial score (nSPS) is 22.1. The zero-order chi connectivity index (χ0) is 51.9. The lowest BCUT2D eigenvalue weighted by atomic mass is 9.85. The van der Waals surface area contributed by atoms with E-state index in [-0.39, 0.29) is 25.7 Å². The van der Waals surface area contributed by atoms with Crippen LogP contribution in [0.3, 0.4) is 0 Å². The number of esters is 2. The molecular formula is C51H86O17P2. The fourth-order valence-corrected chi connectivity index (χ4v) is 8.68. The molecule has 8 N–H and O–H groups in total. The van der Waals surface area contributed by atoms with Gasteiger partial charge in [0.1, 0.15) is 43.2 Å². The Bertz CT molecular complexity index is 1690. The lowest BCUT2D eigenvalue weighted by Gasteiger charge is -2.43. The molecule has 0 bridgehead atoms. The molecule has 0 aromatic heterocycles. The summed E-state index contributed by atoms with van der Waals surface area (Å²) < 4.78 is 49.3. The van der Waals surface area contributed by atoms with Crippen molar-refractivity contribution in [3.05, 3.63) is 85.1 Å². The molecule has 1 aliphatic carbocycles. The number of rotatable bonds is 41. The smallest absolute Gasteiger partial charge is 0.462 e. The van der Waals surface area contributed by atoms with Crippen molar-refractivity contribution < 1.29 is 82.0 Å². The van der Waals surface area contributed by atoms with Crippen LogP contribution in [0.2, 0.25) is 0 Å². The van der Waals surface area contributed by atoms with Gasteiger partial charge in [-0.05, 0) is 77.0 Å². The summed E-state index contributed by atoms with van der Waals surface area (Å²) in [6.07, 6.45) is 32.6. The molecule has 0 amide bonds. The average Bonchev–Trinajstić information content (AvgIpc) is 3.31. The van der Waals surface area contributed by atoms with Crippen LogP contribution in [0.1, 0.15) is 162 Å². The zero-order valence-corrected chi connectivity index (χ0v) is 43.3. The maximum Gasteiger partial charge on any atom is 0.472 e. The van der Waals surface area contributed by atoms with Crippen molar-refractivity contribution in [1.82, 2.24) is 0 Å². The average molecular weight is 1030 g/mol. The Morgan fingerprint density at radius 2 is 1.04 bits per heavy atom. The molecule has 19 heteroatoms. The largest absolute Gasteiger partial charge is 0.472 e. The molecule has 1 saturated carbocycles. The van der Waals surface area contributed by atoms with Crippen LogP contribution < -0.4 is 0 Å². The first-order valence-electron chi connectivity index (χ1n) is 25.2. The second kappa shape index (κ2) is 40.6. The van der Waals surface area contributed by atoms with Gasteiger partial charge in [0.05, 0.1) is 12.7 Å². The van der Waals surface area contributed by atoms with Crippen molar-refractivity contribution in [2.24, 2.45) is 0 Å². The molecule has 0 aromatic carbocycles. The highest BCUT2D eigenvalue weighted by atomic mass is 31.2. The fourth-order valence-electron chi connectivity index (χ4n) is 7.14. The van der Waals surface area contributed by atoms with Gasteiger partial charge in [-0.3, -0.25) is 23.2 Å². The summed E-state index contributed by atoms with van der Waals surface area (Å²) in [5.74, 6) is -1.42. The van der Waals surface area contributed by atoms with E-state index in [0.29, 0.717) is 6.42 Å². The number of carbonyl (C=O) groups excluding carboxylic acids is 2. The van der Waals surface area contributed by atoms with Gasteiger partial charge in [0.15, 0.2) is 6.10 Å². The van der Waals surface area contributed by atoms with Crippen molar-refractivity contribution in [2.75, 3.05) is 13.2 Å². The Labute approximate surface area is 416 Å². The summed E-state index contributed by atoms with van der Waals surface area (Å²) in [4.78, 5) is 54.4. The fraction of sp³-hybridized carbons (Fsp3) is 0.686. The first-order valence-corrected chi connectivity index (χ1v) is 28.3. The van der Waals surface area contributed by atoms with E-state index in [1.54, 1.807) is 12.2 Å². The first-order chi connectivity index (χ1) is 33.5. The SMILES string of the molecule is CC/C=C\C/C=C\C/C=C\C/C=C\C=C\C(O)CCCC(=O)OC[C@H](COP(=O)(O)O[C@H]1C(O)C(O)C(O)[C@@H](OP(=O)(O)O)C1O)OC(=O)CCCCCCCCCCC/C=C\C/C=C\CCCCC. The van der Waals surface area contributed by atoms with Crippen LogP contribution >= 0.6 is 15.6 Å². The van der Waals surface area contributed by atoms with E-state index < -0.39 is 89.6 Å². The van der Waals surface area contributed by atoms with Gasteiger partial charge >= 0.3 is 27.6 Å². The van der Waals surface area contributed by atoms with Gasteiger partial charge in [0, 0.05) is 12.8 Å².